The van der Waals surface area contributed by atoms with E-state index < -0.39 is 0 Å². The van der Waals surface area contributed by atoms with Gasteiger partial charge in [-0.1, -0.05) is 39.5 Å². The number of nitrogens with two attached hydrogens (primary N) is 1. The Morgan fingerprint density at radius 2 is 1.87 bits per heavy atom. The monoisotopic (exact) mass is 214 g/mol. The van der Waals surface area contributed by atoms with Crippen LogP contribution in [0.3, 0.4) is 0 Å². The van der Waals surface area contributed by atoms with Gasteiger partial charge in [-0.25, -0.2) is 5.84 Å². The Morgan fingerprint density at radius 3 is 2.40 bits per heavy atom. The normalized spacial score (nSPS) is 11.9. The lowest BCUT2D eigenvalue weighted by Crippen LogP contribution is -2.41. The molecule has 0 unspecified atom stereocenters. The first-order chi connectivity index (χ1) is 7.20. The Morgan fingerprint density at radius 1 is 1.20 bits per heavy atom. The van der Waals surface area contributed by atoms with Crippen molar-refractivity contribution in [2.24, 2.45) is 16.8 Å². The first kappa shape index (κ1) is 14.2. The van der Waals surface area contributed by atoms with E-state index in [0.717, 1.165) is 12.5 Å². The van der Waals surface area contributed by atoms with Crippen LogP contribution in [0.4, 0.5) is 0 Å². The van der Waals surface area contributed by atoms with Crippen LogP contribution in [0.25, 0.3) is 0 Å². The molecule has 0 bridgehead atoms. The molecule has 15 heavy (non-hydrogen) atoms. The molecule has 0 aliphatic carbocycles. The van der Waals surface area contributed by atoms with E-state index in [1.165, 1.54) is 32.1 Å². The number of aliphatic imine (C=N–C) groups is 1. The highest BCUT2D eigenvalue weighted by atomic mass is 15.3. The third-order valence-corrected chi connectivity index (χ3v) is 2.36. The van der Waals surface area contributed by atoms with Gasteiger partial charge >= 0.3 is 0 Å². The molecule has 0 heterocycles. The Kier molecular flexibility index (Phi) is 9.27. The average Bonchev–Trinajstić information content (AvgIpc) is 2.22. The van der Waals surface area contributed by atoms with E-state index in [1.54, 1.807) is 7.05 Å². The third-order valence-electron chi connectivity index (χ3n) is 2.36. The summed E-state index contributed by atoms with van der Waals surface area (Å²) < 4.78 is 0. The lowest BCUT2D eigenvalue weighted by Gasteiger charge is -2.08. The van der Waals surface area contributed by atoms with Gasteiger partial charge in [-0.15, -0.1) is 0 Å². The zero-order valence-electron chi connectivity index (χ0n) is 10.3. The van der Waals surface area contributed by atoms with Crippen molar-refractivity contribution in [3.63, 3.8) is 0 Å². The fourth-order valence-corrected chi connectivity index (χ4v) is 1.43. The van der Waals surface area contributed by atoms with Gasteiger partial charge < -0.3 is 5.32 Å². The number of nitrogens with zero attached hydrogens (tertiary/aromatic N) is 1. The predicted molar refractivity (Wildman–Crippen MR) is 66.6 cm³/mol. The zero-order chi connectivity index (χ0) is 11.5. The molecule has 0 rings (SSSR count). The molecule has 0 aliphatic heterocycles. The summed E-state index contributed by atoms with van der Waals surface area (Å²) >= 11 is 0. The molecule has 4 N–H and O–H groups in total. The molecule has 0 fully saturated rings. The lowest BCUT2D eigenvalue weighted by atomic mass is 10.0. The summed E-state index contributed by atoms with van der Waals surface area (Å²) in [6, 6.07) is 0. The highest BCUT2D eigenvalue weighted by molar-refractivity contribution is 5.78. The smallest absolute Gasteiger partial charge is 0.205 e. The molecule has 0 aromatic carbocycles. The van der Waals surface area contributed by atoms with Crippen LogP contribution in [0.2, 0.25) is 0 Å². The van der Waals surface area contributed by atoms with Crippen molar-refractivity contribution < 1.29 is 0 Å². The molecule has 0 aromatic heterocycles. The second-order valence-corrected chi connectivity index (χ2v) is 4.24. The van der Waals surface area contributed by atoms with E-state index >= 15 is 0 Å². The van der Waals surface area contributed by atoms with Gasteiger partial charge in [0.15, 0.2) is 0 Å². The molecule has 0 saturated heterocycles. The first-order valence-corrected chi connectivity index (χ1v) is 5.88. The molecule has 0 saturated carbocycles. The minimum absolute atomic E-state index is 0.664. The van der Waals surface area contributed by atoms with Gasteiger partial charge in [0.1, 0.15) is 0 Å². The molecule has 0 atom stereocenters. The molecule has 0 aromatic rings. The Labute approximate surface area is 93.7 Å². The second kappa shape index (κ2) is 9.77. The standard InChI is InChI=1S/C11H26N4/c1-10(2)8-6-4-5-7-9-14-11(13-3)15-12/h10H,4-9,12H2,1-3H3,(H2,13,14,15). The fraction of sp³-hybridized carbons (Fsp3) is 0.909. The second-order valence-electron chi connectivity index (χ2n) is 4.24. The Balaban J connectivity index is 3.18. The average molecular weight is 214 g/mol. The Bertz CT molecular complexity index is 166. The number of guanidine groups is 1. The molecule has 0 radical (unpaired) electrons. The number of hydrogen-bond donors (Lipinski definition) is 3. The van der Waals surface area contributed by atoms with Gasteiger partial charge in [0.25, 0.3) is 0 Å². The van der Waals surface area contributed by atoms with E-state index in [4.69, 9.17) is 5.84 Å². The van der Waals surface area contributed by atoms with Gasteiger partial charge in [-0.3, -0.25) is 10.4 Å². The number of unbranched alkanes of at least 4 members (excludes halogenated alkanes) is 3. The molecule has 0 spiro atoms. The summed E-state index contributed by atoms with van der Waals surface area (Å²) in [5.41, 5.74) is 2.51. The molecule has 0 aliphatic rings. The van der Waals surface area contributed by atoms with Gasteiger partial charge in [0.2, 0.25) is 5.96 Å². The summed E-state index contributed by atoms with van der Waals surface area (Å²) in [5, 5.41) is 3.13. The number of rotatable bonds is 7. The molecule has 90 valence electrons. The summed E-state index contributed by atoms with van der Waals surface area (Å²) in [7, 11) is 1.71. The topological polar surface area (TPSA) is 62.4 Å². The van der Waals surface area contributed by atoms with Crippen LogP contribution >= 0.6 is 0 Å². The highest BCUT2D eigenvalue weighted by Gasteiger charge is 1.95. The molecule has 4 nitrogen and oxygen atoms in total. The molecular formula is C11H26N4. The maximum absolute atomic E-state index is 5.24. The third kappa shape index (κ3) is 9.53. The largest absolute Gasteiger partial charge is 0.355 e. The van der Waals surface area contributed by atoms with Crippen molar-refractivity contribution >= 4 is 5.96 Å². The maximum atomic E-state index is 5.24. The number of nitrogens with one attached hydrogen (secondary N) is 2. The minimum Gasteiger partial charge on any atom is -0.355 e. The fourth-order valence-electron chi connectivity index (χ4n) is 1.43. The van der Waals surface area contributed by atoms with Crippen molar-refractivity contribution in [2.75, 3.05) is 13.6 Å². The van der Waals surface area contributed by atoms with Crippen molar-refractivity contribution in [2.45, 2.75) is 46.0 Å². The molecule has 0 amide bonds. The summed E-state index contributed by atoms with van der Waals surface area (Å²) in [4.78, 5) is 3.93. The SMILES string of the molecule is CN=C(NN)NCCCCCCC(C)C. The van der Waals surface area contributed by atoms with E-state index in [1.807, 2.05) is 0 Å². The summed E-state index contributed by atoms with van der Waals surface area (Å²) in [6.07, 6.45) is 6.48. The number of hydrazine groups is 1. The van der Waals surface area contributed by atoms with Crippen LogP contribution in [0.15, 0.2) is 4.99 Å². The van der Waals surface area contributed by atoms with E-state index in [0.29, 0.717) is 5.96 Å². The van der Waals surface area contributed by atoms with Crippen molar-refractivity contribution in [3.8, 4) is 0 Å². The van der Waals surface area contributed by atoms with Gasteiger partial charge in [0, 0.05) is 13.6 Å². The van der Waals surface area contributed by atoms with Gasteiger partial charge in [0.05, 0.1) is 0 Å². The minimum atomic E-state index is 0.664. The van der Waals surface area contributed by atoms with Crippen LogP contribution in [0, 0.1) is 5.92 Å². The van der Waals surface area contributed by atoms with Crippen molar-refractivity contribution in [3.05, 3.63) is 0 Å². The van der Waals surface area contributed by atoms with E-state index in [-0.39, 0.29) is 0 Å². The highest BCUT2D eigenvalue weighted by Crippen LogP contribution is 2.08. The van der Waals surface area contributed by atoms with Gasteiger partial charge in [-0.2, -0.15) is 0 Å². The maximum Gasteiger partial charge on any atom is 0.205 e. The van der Waals surface area contributed by atoms with E-state index in [9.17, 15) is 0 Å². The van der Waals surface area contributed by atoms with Crippen LogP contribution in [0.5, 0.6) is 0 Å². The lowest BCUT2D eigenvalue weighted by molar-refractivity contribution is 0.518. The molecule has 4 heteroatoms. The van der Waals surface area contributed by atoms with E-state index in [2.05, 4.69) is 29.6 Å². The van der Waals surface area contributed by atoms with Crippen LogP contribution < -0.4 is 16.6 Å². The Hall–Kier alpha value is -0.770. The van der Waals surface area contributed by atoms with Gasteiger partial charge in [-0.05, 0) is 12.3 Å². The quantitative estimate of drug-likeness (QED) is 0.198. The molecular weight excluding hydrogens is 188 g/mol. The van der Waals surface area contributed by atoms with Crippen LogP contribution in [-0.4, -0.2) is 19.6 Å². The first-order valence-electron chi connectivity index (χ1n) is 5.88. The van der Waals surface area contributed by atoms with Crippen molar-refractivity contribution in [1.29, 1.82) is 0 Å². The van der Waals surface area contributed by atoms with Crippen LogP contribution in [-0.2, 0) is 0 Å². The zero-order valence-corrected chi connectivity index (χ0v) is 10.3. The number of hydrogen-bond acceptors (Lipinski definition) is 2. The van der Waals surface area contributed by atoms with Crippen molar-refractivity contribution in [1.82, 2.24) is 10.7 Å². The van der Waals surface area contributed by atoms with Crippen LogP contribution in [0.1, 0.15) is 46.0 Å². The predicted octanol–water partition coefficient (Wildman–Crippen LogP) is 1.63. The summed E-state index contributed by atoms with van der Waals surface area (Å²) in [6.45, 7) is 5.50. The summed E-state index contributed by atoms with van der Waals surface area (Å²) in [5.74, 6) is 6.74.